The molecule has 0 bridgehead atoms. The largest absolute Gasteiger partial charge is 0.336 e. The van der Waals surface area contributed by atoms with Gasteiger partial charge in [-0.2, -0.15) is 5.26 Å². The zero-order valence-corrected chi connectivity index (χ0v) is 13.0. The summed E-state index contributed by atoms with van der Waals surface area (Å²) in [5.74, 6) is 0.171. The highest BCUT2D eigenvalue weighted by atomic mass is 16.2. The predicted molar refractivity (Wildman–Crippen MR) is 83.7 cm³/mol. The number of anilines is 1. The summed E-state index contributed by atoms with van der Waals surface area (Å²) in [6.45, 7) is 9.81. The molecule has 1 rings (SSSR count). The Kier molecular flexibility index (Phi) is 8.86. The van der Waals surface area contributed by atoms with Crippen LogP contribution in [0.5, 0.6) is 0 Å². The van der Waals surface area contributed by atoms with E-state index in [4.69, 9.17) is 5.26 Å². The molecule has 110 valence electrons. The monoisotopic (exact) mass is 275 g/mol. The molecule has 0 aliphatic rings. The topological polar surface area (TPSA) is 64.9 Å². The van der Waals surface area contributed by atoms with E-state index >= 15 is 0 Å². The number of amides is 2. The van der Waals surface area contributed by atoms with Crippen LogP contribution in [-0.4, -0.2) is 12.1 Å². The van der Waals surface area contributed by atoms with E-state index in [9.17, 15) is 4.79 Å². The Hall–Kier alpha value is -2.02. The molecule has 0 aliphatic heterocycles. The average Bonchev–Trinajstić information content (AvgIpc) is 2.40. The summed E-state index contributed by atoms with van der Waals surface area (Å²) in [5.41, 5.74) is 1.80. The van der Waals surface area contributed by atoms with Gasteiger partial charge in [-0.05, 0) is 37.5 Å². The van der Waals surface area contributed by atoms with Crippen LogP contribution in [-0.2, 0) is 0 Å². The number of carbonyl (C=O) groups excluding carboxylic acids is 1. The highest BCUT2D eigenvalue weighted by Crippen LogP contribution is 2.21. The number of carbonyl (C=O) groups is 1. The van der Waals surface area contributed by atoms with Crippen LogP contribution >= 0.6 is 0 Å². The Bertz CT molecular complexity index is 449. The summed E-state index contributed by atoms with van der Waals surface area (Å²) >= 11 is 0. The van der Waals surface area contributed by atoms with E-state index in [1.807, 2.05) is 58.9 Å². The first-order chi connectivity index (χ1) is 9.52. The molecule has 20 heavy (non-hydrogen) atoms. The van der Waals surface area contributed by atoms with E-state index in [-0.39, 0.29) is 18.0 Å². The molecule has 0 aliphatic carbocycles. The van der Waals surface area contributed by atoms with Crippen molar-refractivity contribution in [3.05, 3.63) is 29.8 Å². The van der Waals surface area contributed by atoms with Gasteiger partial charge in [-0.3, -0.25) is 0 Å². The lowest BCUT2D eigenvalue weighted by atomic mass is 9.98. The van der Waals surface area contributed by atoms with Gasteiger partial charge in [-0.1, -0.05) is 32.9 Å². The third-order valence-electron chi connectivity index (χ3n) is 2.53. The molecule has 0 saturated heterocycles. The van der Waals surface area contributed by atoms with Crippen LogP contribution in [0.3, 0.4) is 0 Å². The maximum absolute atomic E-state index is 11.6. The number of nitrogens with one attached hydrogen (secondary N) is 2. The minimum atomic E-state index is -0.213. The maximum Gasteiger partial charge on any atom is 0.319 e. The van der Waals surface area contributed by atoms with Gasteiger partial charge in [-0.15, -0.1) is 0 Å². The van der Waals surface area contributed by atoms with Crippen molar-refractivity contribution >= 4 is 11.7 Å². The van der Waals surface area contributed by atoms with E-state index < -0.39 is 0 Å². The van der Waals surface area contributed by atoms with E-state index in [0.717, 1.165) is 11.3 Å². The number of nitriles is 1. The molecule has 0 spiro atoms. The van der Waals surface area contributed by atoms with Crippen LogP contribution in [0, 0.1) is 11.3 Å². The van der Waals surface area contributed by atoms with Crippen LogP contribution in [0.4, 0.5) is 10.5 Å². The quantitative estimate of drug-likeness (QED) is 0.862. The van der Waals surface area contributed by atoms with Crippen molar-refractivity contribution in [2.24, 2.45) is 0 Å². The second kappa shape index (κ2) is 9.85. The molecule has 0 aromatic heterocycles. The van der Waals surface area contributed by atoms with Crippen LogP contribution in [0.15, 0.2) is 24.3 Å². The number of hydrogen-bond donors (Lipinski definition) is 2. The molecule has 2 N–H and O–H groups in total. The van der Waals surface area contributed by atoms with Gasteiger partial charge < -0.3 is 10.6 Å². The Morgan fingerprint density at radius 1 is 1.30 bits per heavy atom. The fourth-order valence-electron chi connectivity index (χ4n) is 1.61. The van der Waals surface area contributed by atoms with Gasteiger partial charge in [0.25, 0.3) is 0 Å². The maximum atomic E-state index is 11.6. The summed E-state index contributed by atoms with van der Waals surface area (Å²) in [6, 6.07) is 9.63. The summed E-state index contributed by atoms with van der Waals surface area (Å²) < 4.78 is 0. The molecule has 1 atom stereocenters. The van der Waals surface area contributed by atoms with Crippen molar-refractivity contribution in [3.63, 3.8) is 0 Å². The lowest BCUT2D eigenvalue weighted by Crippen LogP contribution is -2.34. The van der Waals surface area contributed by atoms with Crippen LogP contribution in [0.1, 0.15) is 52.5 Å². The minimum absolute atomic E-state index is 0.102. The van der Waals surface area contributed by atoms with Crippen molar-refractivity contribution in [2.75, 3.05) is 5.32 Å². The smallest absolute Gasteiger partial charge is 0.319 e. The Balaban J connectivity index is 0.00000172. The van der Waals surface area contributed by atoms with Gasteiger partial charge in [0.15, 0.2) is 0 Å². The number of nitrogens with zero attached hydrogens (tertiary/aromatic N) is 1. The van der Waals surface area contributed by atoms with Gasteiger partial charge in [0.05, 0.1) is 6.07 Å². The third kappa shape index (κ3) is 6.79. The highest BCUT2D eigenvalue weighted by Gasteiger charge is 2.07. The van der Waals surface area contributed by atoms with Crippen molar-refractivity contribution in [3.8, 4) is 6.07 Å². The molecule has 4 nitrogen and oxygen atoms in total. The molecule has 0 radical (unpaired) electrons. The molecule has 2 amide bonds. The normalized spacial score (nSPS) is 10.8. The fourth-order valence-corrected chi connectivity index (χ4v) is 1.61. The summed E-state index contributed by atoms with van der Waals surface area (Å²) in [4.78, 5) is 11.6. The zero-order valence-electron chi connectivity index (χ0n) is 13.0. The molecule has 1 unspecified atom stereocenters. The van der Waals surface area contributed by atoms with Gasteiger partial charge >= 0.3 is 6.03 Å². The van der Waals surface area contributed by atoms with E-state index in [0.29, 0.717) is 6.42 Å². The Morgan fingerprint density at radius 3 is 2.50 bits per heavy atom. The van der Waals surface area contributed by atoms with E-state index in [1.54, 1.807) is 0 Å². The molecule has 0 fully saturated rings. The lowest BCUT2D eigenvalue weighted by molar-refractivity contribution is 0.250. The first-order valence-corrected chi connectivity index (χ1v) is 7.07. The summed E-state index contributed by atoms with van der Waals surface area (Å²) in [7, 11) is 0. The van der Waals surface area contributed by atoms with Gasteiger partial charge in [-0.25, -0.2) is 4.79 Å². The van der Waals surface area contributed by atoms with Crippen LogP contribution in [0.2, 0.25) is 0 Å². The number of urea groups is 1. The number of hydrogen-bond acceptors (Lipinski definition) is 2. The van der Waals surface area contributed by atoms with Crippen molar-refractivity contribution in [2.45, 2.75) is 53.0 Å². The highest BCUT2D eigenvalue weighted by molar-refractivity contribution is 5.89. The fraction of sp³-hybridized carbons (Fsp3) is 0.500. The SMILES string of the molecule is CC.CC(C)NC(=O)Nc1cccc(C(C)CC#N)c1. The van der Waals surface area contributed by atoms with Crippen LogP contribution in [0.25, 0.3) is 0 Å². The summed E-state index contributed by atoms with van der Waals surface area (Å²) in [5, 5.41) is 14.2. The number of rotatable bonds is 4. The second-order valence-corrected chi connectivity index (χ2v) is 4.64. The molecule has 4 heteroatoms. The van der Waals surface area contributed by atoms with E-state index in [2.05, 4.69) is 16.7 Å². The van der Waals surface area contributed by atoms with Gasteiger partial charge in [0, 0.05) is 18.2 Å². The van der Waals surface area contributed by atoms with Gasteiger partial charge in [0.1, 0.15) is 0 Å². The molecule has 1 aromatic carbocycles. The van der Waals surface area contributed by atoms with Crippen LogP contribution < -0.4 is 10.6 Å². The van der Waals surface area contributed by atoms with Crippen molar-refractivity contribution in [1.82, 2.24) is 5.32 Å². The number of benzene rings is 1. The molecule has 0 heterocycles. The third-order valence-corrected chi connectivity index (χ3v) is 2.53. The molecular weight excluding hydrogens is 250 g/mol. The first-order valence-electron chi connectivity index (χ1n) is 7.07. The molecule has 0 saturated carbocycles. The standard InChI is InChI=1S/C14H19N3O.C2H6/c1-10(2)16-14(18)17-13-6-4-5-12(9-13)11(3)7-8-15;1-2/h4-6,9-11H,7H2,1-3H3,(H2,16,17,18);1-2H3. The molecular formula is C16H25N3O. The Labute approximate surface area is 122 Å². The average molecular weight is 275 g/mol. The first kappa shape index (κ1) is 18.0. The van der Waals surface area contributed by atoms with Crippen molar-refractivity contribution in [1.29, 1.82) is 5.26 Å². The predicted octanol–water partition coefficient (Wildman–Crippen LogP) is 4.26. The molecule has 1 aromatic rings. The second-order valence-electron chi connectivity index (χ2n) is 4.64. The Morgan fingerprint density at radius 2 is 1.95 bits per heavy atom. The summed E-state index contributed by atoms with van der Waals surface area (Å²) in [6.07, 6.45) is 0.474. The van der Waals surface area contributed by atoms with Crippen molar-refractivity contribution < 1.29 is 4.79 Å². The lowest BCUT2D eigenvalue weighted by Gasteiger charge is -2.12. The zero-order chi connectivity index (χ0) is 15.5. The minimum Gasteiger partial charge on any atom is -0.336 e. The van der Waals surface area contributed by atoms with Gasteiger partial charge in [0.2, 0.25) is 0 Å². The van der Waals surface area contributed by atoms with E-state index in [1.165, 1.54) is 0 Å².